The fraction of sp³-hybridized carbons (Fsp3) is 0.182. The van der Waals surface area contributed by atoms with Crippen LogP contribution in [0.2, 0.25) is 0 Å². The Hall–Kier alpha value is -1.42. The third kappa shape index (κ3) is 2.53. The van der Waals surface area contributed by atoms with Gasteiger partial charge in [0.25, 0.3) is 0 Å². The van der Waals surface area contributed by atoms with Gasteiger partial charge in [0.05, 0.1) is 5.75 Å². The van der Waals surface area contributed by atoms with Crippen LogP contribution in [0.25, 0.3) is 11.3 Å². The number of hydrogen-bond acceptors (Lipinski definition) is 3. The zero-order valence-electron chi connectivity index (χ0n) is 8.34. The smallest absolute Gasteiger partial charge is 0.149 e. The van der Waals surface area contributed by atoms with Crippen molar-refractivity contribution in [3.63, 3.8) is 0 Å². The molecule has 0 spiro atoms. The third-order valence-corrected chi connectivity index (χ3v) is 2.67. The molecule has 2 aromatic rings. The normalized spacial score (nSPS) is 12.6. The van der Waals surface area contributed by atoms with E-state index in [1.54, 1.807) is 6.26 Å². The van der Waals surface area contributed by atoms with Crippen LogP contribution in [-0.2, 0) is 16.6 Å². The van der Waals surface area contributed by atoms with E-state index in [0.717, 1.165) is 11.3 Å². The van der Waals surface area contributed by atoms with Gasteiger partial charge in [0.2, 0.25) is 0 Å². The molecule has 0 aliphatic heterocycles. The molecule has 0 fully saturated rings. The fourth-order valence-electron chi connectivity index (χ4n) is 1.33. The van der Waals surface area contributed by atoms with Crippen LogP contribution in [0.4, 0.5) is 0 Å². The molecular weight excluding hydrogens is 210 g/mol. The molecule has 4 heteroatoms. The third-order valence-electron chi connectivity index (χ3n) is 1.97. The highest BCUT2D eigenvalue weighted by Crippen LogP contribution is 2.18. The van der Waals surface area contributed by atoms with Crippen LogP contribution in [0.5, 0.6) is 0 Å². The number of benzene rings is 1. The Morgan fingerprint density at radius 3 is 2.73 bits per heavy atom. The molecule has 1 aromatic heterocycles. The molecular formula is C11H11NO2S. The molecule has 1 atom stereocenters. The van der Waals surface area contributed by atoms with Crippen LogP contribution in [0.3, 0.4) is 0 Å². The second-order valence-corrected chi connectivity index (χ2v) is 4.70. The molecule has 1 aromatic carbocycles. The molecule has 3 nitrogen and oxygen atoms in total. The van der Waals surface area contributed by atoms with Gasteiger partial charge in [-0.15, -0.1) is 0 Å². The van der Waals surface area contributed by atoms with Crippen LogP contribution in [-0.4, -0.2) is 15.6 Å². The number of nitrogens with zero attached hydrogens (tertiary/aromatic N) is 1. The van der Waals surface area contributed by atoms with Crippen LogP contribution >= 0.6 is 0 Å². The lowest BCUT2D eigenvalue weighted by Crippen LogP contribution is -1.88. The average molecular weight is 221 g/mol. The summed E-state index contributed by atoms with van der Waals surface area (Å²) in [5, 5.41) is 3.93. The molecule has 2 rings (SSSR count). The van der Waals surface area contributed by atoms with E-state index in [-0.39, 0.29) is 0 Å². The summed E-state index contributed by atoms with van der Waals surface area (Å²) >= 11 is 0. The van der Waals surface area contributed by atoms with Gasteiger partial charge in [-0.05, 0) is 0 Å². The van der Waals surface area contributed by atoms with E-state index in [4.69, 9.17) is 4.52 Å². The maximum atomic E-state index is 11.0. The summed E-state index contributed by atoms with van der Waals surface area (Å²) in [5.41, 5.74) is 1.80. The van der Waals surface area contributed by atoms with Crippen molar-refractivity contribution in [1.29, 1.82) is 0 Å². The van der Waals surface area contributed by atoms with Crippen molar-refractivity contribution in [3.8, 4) is 11.3 Å². The first-order chi connectivity index (χ1) is 7.25. The van der Waals surface area contributed by atoms with Gasteiger partial charge in [-0.1, -0.05) is 35.5 Å². The maximum Gasteiger partial charge on any atom is 0.149 e. The molecule has 78 valence electrons. The highest BCUT2D eigenvalue weighted by molar-refractivity contribution is 7.83. The van der Waals surface area contributed by atoms with Crippen molar-refractivity contribution in [1.82, 2.24) is 5.16 Å². The van der Waals surface area contributed by atoms with Crippen LogP contribution in [0, 0.1) is 0 Å². The monoisotopic (exact) mass is 221 g/mol. The van der Waals surface area contributed by atoms with Gasteiger partial charge in [0, 0.05) is 28.7 Å². The largest absolute Gasteiger partial charge is 0.360 e. The van der Waals surface area contributed by atoms with E-state index < -0.39 is 10.8 Å². The second kappa shape index (κ2) is 4.40. The van der Waals surface area contributed by atoms with Gasteiger partial charge in [-0.3, -0.25) is 4.21 Å². The minimum Gasteiger partial charge on any atom is -0.360 e. The number of hydrogen-bond donors (Lipinski definition) is 0. The zero-order chi connectivity index (χ0) is 10.7. The Bertz CT molecular complexity index is 464. The number of aromatic nitrogens is 1. The highest BCUT2D eigenvalue weighted by Gasteiger charge is 2.06. The summed E-state index contributed by atoms with van der Waals surface area (Å²) < 4.78 is 16.1. The van der Waals surface area contributed by atoms with Crippen LogP contribution in [0.1, 0.15) is 5.76 Å². The van der Waals surface area contributed by atoms with E-state index in [2.05, 4.69) is 5.16 Å². The summed E-state index contributed by atoms with van der Waals surface area (Å²) in [6.45, 7) is 0. The molecule has 0 saturated heterocycles. The van der Waals surface area contributed by atoms with Gasteiger partial charge in [-0.25, -0.2) is 0 Å². The predicted octanol–water partition coefficient (Wildman–Crippen LogP) is 2.22. The molecule has 0 N–H and O–H groups in total. The maximum absolute atomic E-state index is 11.0. The Kier molecular flexibility index (Phi) is 2.97. The average Bonchev–Trinajstić information content (AvgIpc) is 2.67. The van der Waals surface area contributed by atoms with Crippen LogP contribution < -0.4 is 0 Å². The first-order valence-corrected chi connectivity index (χ1v) is 6.29. The molecule has 0 aliphatic carbocycles. The van der Waals surface area contributed by atoms with E-state index >= 15 is 0 Å². The quantitative estimate of drug-likeness (QED) is 0.798. The SMILES string of the molecule is CS(=O)Cc1cc(-c2ccccc2)no1. The minimum absolute atomic E-state index is 0.417. The fourth-order valence-corrected chi connectivity index (χ4v) is 1.86. The summed E-state index contributed by atoms with van der Waals surface area (Å²) in [7, 11) is -0.893. The van der Waals surface area contributed by atoms with E-state index in [1.165, 1.54) is 0 Å². The van der Waals surface area contributed by atoms with Gasteiger partial charge in [0.15, 0.2) is 0 Å². The summed E-state index contributed by atoms with van der Waals surface area (Å²) in [4.78, 5) is 0. The first kappa shape index (κ1) is 10.1. The van der Waals surface area contributed by atoms with Crippen molar-refractivity contribution in [2.24, 2.45) is 0 Å². The van der Waals surface area contributed by atoms with E-state index in [1.807, 2.05) is 36.4 Å². The second-order valence-electron chi connectivity index (χ2n) is 3.26. The zero-order valence-corrected chi connectivity index (χ0v) is 9.16. The summed E-state index contributed by atoms with van der Waals surface area (Å²) in [6.07, 6.45) is 1.64. The van der Waals surface area contributed by atoms with Crippen molar-refractivity contribution in [3.05, 3.63) is 42.2 Å². The highest BCUT2D eigenvalue weighted by atomic mass is 32.2. The molecule has 0 saturated carbocycles. The van der Waals surface area contributed by atoms with Gasteiger partial charge < -0.3 is 4.52 Å². The standard InChI is InChI=1S/C11H11NO2S/c1-15(13)8-10-7-11(12-14-10)9-5-3-2-4-6-9/h2-7H,8H2,1H3. The Labute approximate surface area is 90.6 Å². The molecule has 0 aliphatic rings. The Balaban J connectivity index is 2.24. The topological polar surface area (TPSA) is 43.1 Å². The van der Waals surface area contributed by atoms with Crippen molar-refractivity contribution in [2.75, 3.05) is 6.26 Å². The molecule has 0 bridgehead atoms. The molecule has 0 radical (unpaired) electrons. The Morgan fingerprint density at radius 1 is 1.33 bits per heavy atom. The summed E-state index contributed by atoms with van der Waals surface area (Å²) in [5.74, 6) is 1.08. The van der Waals surface area contributed by atoms with Crippen molar-refractivity contribution < 1.29 is 8.73 Å². The van der Waals surface area contributed by atoms with Gasteiger partial charge >= 0.3 is 0 Å². The lowest BCUT2D eigenvalue weighted by molar-refractivity contribution is 0.396. The Morgan fingerprint density at radius 2 is 2.07 bits per heavy atom. The predicted molar refractivity (Wildman–Crippen MR) is 59.7 cm³/mol. The lowest BCUT2D eigenvalue weighted by atomic mass is 10.1. The van der Waals surface area contributed by atoms with Crippen molar-refractivity contribution >= 4 is 10.8 Å². The summed E-state index contributed by atoms with van der Waals surface area (Å²) in [6, 6.07) is 11.6. The number of rotatable bonds is 3. The molecule has 1 heterocycles. The first-order valence-electron chi connectivity index (χ1n) is 4.57. The molecule has 1 unspecified atom stereocenters. The van der Waals surface area contributed by atoms with Crippen molar-refractivity contribution in [2.45, 2.75) is 5.75 Å². The van der Waals surface area contributed by atoms with E-state index in [9.17, 15) is 4.21 Å². The minimum atomic E-state index is -0.893. The van der Waals surface area contributed by atoms with Gasteiger partial charge in [0.1, 0.15) is 11.5 Å². The van der Waals surface area contributed by atoms with Crippen LogP contribution in [0.15, 0.2) is 40.9 Å². The van der Waals surface area contributed by atoms with E-state index in [0.29, 0.717) is 11.5 Å². The molecule has 15 heavy (non-hydrogen) atoms. The van der Waals surface area contributed by atoms with Gasteiger partial charge in [-0.2, -0.15) is 0 Å². The lowest BCUT2D eigenvalue weighted by Gasteiger charge is -1.91. The molecule has 0 amide bonds.